The second-order valence-electron chi connectivity index (χ2n) is 4.18. The van der Waals surface area contributed by atoms with Crippen molar-refractivity contribution in [3.63, 3.8) is 0 Å². The van der Waals surface area contributed by atoms with Gasteiger partial charge in [0, 0.05) is 28.7 Å². The number of hydrogen-bond acceptors (Lipinski definition) is 4. The van der Waals surface area contributed by atoms with E-state index in [4.69, 9.17) is 0 Å². The molecule has 1 aromatic rings. The molecule has 0 spiro atoms. The third-order valence-corrected chi connectivity index (χ3v) is 3.44. The average Bonchev–Trinajstić information content (AvgIpc) is 2.35. The van der Waals surface area contributed by atoms with Crippen LogP contribution in [0.5, 0.6) is 0 Å². The number of hydrogen-bond donors (Lipinski definition) is 1. The smallest absolute Gasteiger partial charge is 0.292 e. The lowest BCUT2D eigenvalue weighted by Gasteiger charge is -2.22. The highest BCUT2D eigenvalue weighted by Crippen LogP contribution is 2.29. The lowest BCUT2D eigenvalue weighted by atomic mass is 9.94. The summed E-state index contributed by atoms with van der Waals surface area (Å²) in [5.41, 5.74) is 0.615. The minimum absolute atomic E-state index is 0.00319. The average molecular weight is 316 g/mol. The van der Waals surface area contributed by atoms with Crippen LogP contribution in [0.15, 0.2) is 16.7 Å². The van der Waals surface area contributed by atoms with Gasteiger partial charge in [0.05, 0.1) is 4.92 Å². The fourth-order valence-corrected chi connectivity index (χ4v) is 2.38. The van der Waals surface area contributed by atoms with Crippen molar-refractivity contribution >= 4 is 21.6 Å². The van der Waals surface area contributed by atoms with Crippen molar-refractivity contribution in [1.82, 2.24) is 10.3 Å². The standard InChI is InChI=1S/C12H18BrN3O2/c1-4-10(14-5-2)8(3)12-11(16(17)18)6-9(13)7-15-12/h6-8,10,14H,4-5H2,1-3H3. The quantitative estimate of drug-likeness (QED) is 0.646. The van der Waals surface area contributed by atoms with E-state index >= 15 is 0 Å². The number of nitro groups is 1. The molecule has 6 heteroatoms. The summed E-state index contributed by atoms with van der Waals surface area (Å²) in [6, 6.07) is 1.71. The van der Waals surface area contributed by atoms with Crippen molar-refractivity contribution in [2.45, 2.75) is 39.2 Å². The molecule has 100 valence electrons. The molecule has 1 heterocycles. The predicted octanol–water partition coefficient (Wildman–Crippen LogP) is 3.24. The minimum atomic E-state index is -0.373. The molecule has 0 aromatic carbocycles. The van der Waals surface area contributed by atoms with Gasteiger partial charge in [0.15, 0.2) is 0 Å². The van der Waals surface area contributed by atoms with Crippen LogP contribution in [0.3, 0.4) is 0 Å². The maximum Gasteiger partial charge on any atom is 0.292 e. The van der Waals surface area contributed by atoms with Crippen LogP contribution in [0.4, 0.5) is 5.69 Å². The van der Waals surface area contributed by atoms with Gasteiger partial charge < -0.3 is 5.32 Å². The molecule has 0 fully saturated rings. The lowest BCUT2D eigenvalue weighted by Crippen LogP contribution is -2.33. The largest absolute Gasteiger partial charge is 0.314 e. The molecule has 18 heavy (non-hydrogen) atoms. The van der Waals surface area contributed by atoms with Gasteiger partial charge in [0.1, 0.15) is 5.69 Å². The summed E-state index contributed by atoms with van der Waals surface area (Å²) in [5.74, 6) is 0.00319. The van der Waals surface area contributed by atoms with E-state index in [1.807, 2.05) is 13.8 Å². The normalized spacial score (nSPS) is 14.2. The van der Waals surface area contributed by atoms with Crippen molar-refractivity contribution in [3.8, 4) is 0 Å². The molecule has 0 aliphatic rings. The molecule has 2 unspecified atom stereocenters. The van der Waals surface area contributed by atoms with Crippen LogP contribution in [-0.4, -0.2) is 22.5 Å². The fraction of sp³-hybridized carbons (Fsp3) is 0.583. The molecule has 0 aliphatic carbocycles. The highest BCUT2D eigenvalue weighted by Gasteiger charge is 2.26. The molecule has 0 bridgehead atoms. The summed E-state index contributed by atoms with van der Waals surface area (Å²) in [4.78, 5) is 14.9. The Balaban J connectivity index is 3.11. The van der Waals surface area contributed by atoms with Gasteiger partial charge in [-0.05, 0) is 28.9 Å². The van der Waals surface area contributed by atoms with Crippen molar-refractivity contribution in [2.24, 2.45) is 0 Å². The van der Waals surface area contributed by atoms with Crippen molar-refractivity contribution in [3.05, 3.63) is 32.5 Å². The molecular weight excluding hydrogens is 298 g/mol. The summed E-state index contributed by atoms with van der Waals surface area (Å²) in [6.07, 6.45) is 2.52. The Morgan fingerprint density at radius 3 is 2.72 bits per heavy atom. The van der Waals surface area contributed by atoms with E-state index in [2.05, 4.69) is 33.2 Å². The van der Waals surface area contributed by atoms with Crippen molar-refractivity contribution in [1.29, 1.82) is 0 Å². The predicted molar refractivity (Wildman–Crippen MR) is 74.8 cm³/mol. The molecule has 2 atom stereocenters. The van der Waals surface area contributed by atoms with Crippen LogP contribution in [0, 0.1) is 10.1 Å². The van der Waals surface area contributed by atoms with Crippen LogP contribution < -0.4 is 5.32 Å². The second kappa shape index (κ2) is 6.80. The van der Waals surface area contributed by atoms with Crippen LogP contribution in [0.2, 0.25) is 0 Å². The van der Waals surface area contributed by atoms with E-state index in [1.165, 1.54) is 6.07 Å². The Morgan fingerprint density at radius 1 is 1.56 bits per heavy atom. The Hall–Kier alpha value is -1.01. The van der Waals surface area contributed by atoms with Crippen molar-refractivity contribution < 1.29 is 4.92 Å². The number of nitrogens with one attached hydrogen (secondary N) is 1. The number of aromatic nitrogens is 1. The van der Waals surface area contributed by atoms with Gasteiger partial charge >= 0.3 is 0 Å². The number of likely N-dealkylation sites (N-methyl/N-ethyl adjacent to an activating group) is 1. The first kappa shape index (κ1) is 15.0. The van der Waals surface area contributed by atoms with E-state index in [0.29, 0.717) is 10.2 Å². The summed E-state index contributed by atoms with van der Waals surface area (Å²) in [6.45, 7) is 6.90. The molecule has 5 nitrogen and oxygen atoms in total. The number of halogens is 1. The van der Waals surface area contributed by atoms with Gasteiger partial charge in [-0.15, -0.1) is 0 Å². The lowest BCUT2D eigenvalue weighted by molar-refractivity contribution is -0.386. The first-order valence-corrected chi connectivity index (χ1v) is 6.83. The second-order valence-corrected chi connectivity index (χ2v) is 5.09. The van der Waals surface area contributed by atoms with Crippen LogP contribution in [0.25, 0.3) is 0 Å². The molecule has 0 saturated heterocycles. The number of rotatable bonds is 6. The number of pyridine rings is 1. The van der Waals surface area contributed by atoms with Gasteiger partial charge in [-0.25, -0.2) is 0 Å². The van der Waals surface area contributed by atoms with E-state index in [9.17, 15) is 10.1 Å². The maximum atomic E-state index is 11.1. The first-order valence-electron chi connectivity index (χ1n) is 6.04. The van der Waals surface area contributed by atoms with E-state index in [0.717, 1.165) is 13.0 Å². The monoisotopic (exact) mass is 315 g/mol. The van der Waals surface area contributed by atoms with Gasteiger partial charge in [-0.3, -0.25) is 15.1 Å². The molecule has 1 aromatic heterocycles. The Kier molecular flexibility index (Phi) is 5.68. The summed E-state index contributed by atoms with van der Waals surface area (Å²) in [7, 11) is 0. The topological polar surface area (TPSA) is 68.1 Å². The zero-order chi connectivity index (χ0) is 13.7. The third-order valence-electron chi connectivity index (χ3n) is 3.00. The Morgan fingerprint density at radius 2 is 2.22 bits per heavy atom. The molecule has 0 amide bonds. The minimum Gasteiger partial charge on any atom is -0.314 e. The molecular formula is C12H18BrN3O2. The highest BCUT2D eigenvalue weighted by atomic mass is 79.9. The highest BCUT2D eigenvalue weighted by molar-refractivity contribution is 9.10. The SMILES string of the molecule is CCNC(CC)C(C)c1ncc(Br)cc1[N+](=O)[O-]. The molecule has 0 saturated carbocycles. The fourth-order valence-electron chi connectivity index (χ4n) is 2.06. The molecule has 0 radical (unpaired) electrons. The first-order chi connectivity index (χ1) is 8.51. The Labute approximate surface area is 115 Å². The molecule has 0 aliphatic heterocycles. The summed E-state index contributed by atoms with van der Waals surface area (Å²) in [5, 5.41) is 14.4. The summed E-state index contributed by atoms with van der Waals surface area (Å²) < 4.78 is 0.627. The zero-order valence-corrected chi connectivity index (χ0v) is 12.4. The maximum absolute atomic E-state index is 11.1. The van der Waals surface area contributed by atoms with Gasteiger partial charge in [0.25, 0.3) is 5.69 Å². The molecule has 1 rings (SSSR count). The van der Waals surface area contributed by atoms with E-state index in [1.54, 1.807) is 6.20 Å². The van der Waals surface area contributed by atoms with Crippen LogP contribution >= 0.6 is 15.9 Å². The Bertz CT molecular complexity index is 426. The third kappa shape index (κ3) is 3.49. The van der Waals surface area contributed by atoms with Crippen LogP contribution in [-0.2, 0) is 0 Å². The summed E-state index contributed by atoms with van der Waals surface area (Å²) >= 11 is 3.22. The van der Waals surface area contributed by atoms with E-state index in [-0.39, 0.29) is 22.6 Å². The van der Waals surface area contributed by atoms with E-state index < -0.39 is 0 Å². The van der Waals surface area contributed by atoms with Crippen molar-refractivity contribution in [2.75, 3.05) is 6.54 Å². The van der Waals surface area contributed by atoms with Gasteiger partial charge in [0.2, 0.25) is 0 Å². The molecule has 1 N–H and O–H groups in total. The number of nitrogens with zero attached hydrogens (tertiary/aromatic N) is 2. The zero-order valence-electron chi connectivity index (χ0n) is 10.8. The van der Waals surface area contributed by atoms with Crippen LogP contribution in [0.1, 0.15) is 38.8 Å². The van der Waals surface area contributed by atoms with Gasteiger partial charge in [-0.2, -0.15) is 0 Å². The van der Waals surface area contributed by atoms with Gasteiger partial charge in [-0.1, -0.05) is 20.8 Å².